The number of thioether (sulfide) groups is 1. The van der Waals surface area contributed by atoms with Crippen LogP contribution in [0.3, 0.4) is 0 Å². The molecule has 2 aliphatic rings. The smallest absolute Gasteiger partial charge is 0.304 e. The summed E-state index contributed by atoms with van der Waals surface area (Å²) in [5, 5.41) is 8.19. The van der Waals surface area contributed by atoms with Crippen LogP contribution in [0, 0.1) is 0 Å². The molecule has 1 heterocycles. The van der Waals surface area contributed by atoms with Gasteiger partial charge in [0.1, 0.15) is 0 Å². The van der Waals surface area contributed by atoms with Gasteiger partial charge in [0.2, 0.25) is 11.8 Å². The molecule has 2 unspecified atom stereocenters. The third kappa shape index (κ3) is 3.29. The number of aliphatic carboxylic acids is 1. The molecule has 2 rings (SSSR count). The monoisotopic (exact) mass is 285 g/mol. The SMILES string of the molecule is CC(CC(=O)O)SC1CC(=O)N(C2CCCC2)C1=O. The molecule has 0 aromatic carbocycles. The van der Waals surface area contributed by atoms with Crippen molar-refractivity contribution >= 4 is 29.5 Å². The summed E-state index contributed by atoms with van der Waals surface area (Å²) in [6.07, 6.45) is 4.24. The van der Waals surface area contributed by atoms with Gasteiger partial charge < -0.3 is 5.11 Å². The van der Waals surface area contributed by atoms with Crippen LogP contribution in [0.15, 0.2) is 0 Å². The van der Waals surface area contributed by atoms with Crippen molar-refractivity contribution in [1.82, 2.24) is 4.90 Å². The molecule has 0 radical (unpaired) electrons. The fourth-order valence-electron chi connectivity index (χ4n) is 2.85. The molecule has 2 atom stereocenters. The molecule has 0 aromatic heterocycles. The average Bonchev–Trinajstić information content (AvgIpc) is 2.87. The summed E-state index contributed by atoms with van der Waals surface area (Å²) >= 11 is 1.32. The second kappa shape index (κ2) is 5.94. The Labute approximate surface area is 116 Å². The van der Waals surface area contributed by atoms with Crippen LogP contribution in [-0.4, -0.2) is 44.3 Å². The van der Waals surface area contributed by atoms with Crippen molar-refractivity contribution in [1.29, 1.82) is 0 Å². The van der Waals surface area contributed by atoms with Crippen molar-refractivity contribution in [2.75, 3.05) is 0 Å². The first-order valence-electron chi connectivity index (χ1n) is 6.72. The van der Waals surface area contributed by atoms with E-state index in [1.54, 1.807) is 6.92 Å². The van der Waals surface area contributed by atoms with Crippen molar-refractivity contribution in [3.63, 3.8) is 0 Å². The maximum absolute atomic E-state index is 12.3. The predicted octanol–water partition coefficient (Wildman–Crippen LogP) is 1.65. The van der Waals surface area contributed by atoms with Gasteiger partial charge in [-0.2, -0.15) is 0 Å². The molecule has 1 N–H and O–H groups in total. The summed E-state index contributed by atoms with van der Waals surface area (Å²) in [6, 6.07) is 0.0837. The van der Waals surface area contributed by atoms with Gasteiger partial charge in [-0.25, -0.2) is 0 Å². The molecule has 1 saturated carbocycles. The van der Waals surface area contributed by atoms with Gasteiger partial charge in [-0.1, -0.05) is 19.8 Å². The number of nitrogens with zero attached hydrogens (tertiary/aromatic N) is 1. The number of carboxylic acid groups (broad SMARTS) is 1. The van der Waals surface area contributed by atoms with E-state index in [1.807, 2.05) is 0 Å². The van der Waals surface area contributed by atoms with Gasteiger partial charge in [-0.3, -0.25) is 19.3 Å². The van der Waals surface area contributed by atoms with E-state index in [9.17, 15) is 14.4 Å². The van der Waals surface area contributed by atoms with Crippen LogP contribution in [0.2, 0.25) is 0 Å². The van der Waals surface area contributed by atoms with E-state index in [4.69, 9.17) is 5.11 Å². The minimum atomic E-state index is -0.871. The van der Waals surface area contributed by atoms with Crippen molar-refractivity contribution in [2.24, 2.45) is 0 Å². The molecule has 1 saturated heterocycles. The lowest BCUT2D eigenvalue weighted by Gasteiger charge is -2.22. The molecule has 0 bridgehead atoms. The van der Waals surface area contributed by atoms with Crippen LogP contribution in [0.5, 0.6) is 0 Å². The Morgan fingerprint density at radius 2 is 2.05 bits per heavy atom. The van der Waals surface area contributed by atoms with Gasteiger partial charge in [0.05, 0.1) is 11.7 Å². The zero-order valence-corrected chi connectivity index (χ0v) is 11.8. The number of carbonyl (C=O) groups is 3. The summed E-state index contributed by atoms with van der Waals surface area (Å²) in [6.45, 7) is 1.79. The average molecular weight is 285 g/mol. The van der Waals surface area contributed by atoms with Crippen LogP contribution in [0.1, 0.15) is 45.4 Å². The lowest BCUT2D eigenvalue weighted by Crippen LogP contribution is -2.39. The van der Waals surface area contributed by atoms with Gasteiger partial charge in [0.25, 0.3) is 0 Å². The normalized spacial score (nSPS) is 26.2. The van der Waals surface area contributed by atoms with E-state index in [-0.39, 0.29) is 41.2 Å². The maximum atomic E-state index is 12.3. The highest BCUT2D eigenvalue weighted by molar-refractivity contribution is 8.01. The number of hydrogen-bond donors (Lipinski definition) is 1. The molecule has 0 aromatic rings. The highest BCUT2D eigenvalue weighted by Crippen LogP contribution is 2.34. The van der Waals surface area contributed by atoms with Gasteiger partial charge in [-0.05, 0) is 12.8 Å². The van der Waals surface area contributed by atoms with E-state index in [0.717, 1.165) is 25.7 Å². The minimum Gasteiger partial charge on any atom is -0.481 e. The molecule has 106 valence electrons. The first kappa shape index (κ1) is 14.4. The molecular weight excluding hydrogens is 266 g/mol. The number of amides is 2. The zero-order valence-electron chi connectivity index (χ0n) is 11.0. The summed E-state index contributed by atoms with van der Waals surface area (Å²) in [4.78, 5) is 36.3. The summed E-state index contributed by atoms with van der Waals surface area (Å²) in [7, 11) is 0. The van der Waals surface area contributed by atoms with Crippen LogP contribution < -0.4 is 0 Å². The quantitative estimate of drug-likeness (QED) is 0.777. The fourth-order valence-corrected chi connectivity index (χ4v) is 4.12. The number of carboxylic acids is 1. The summed E-state index contributed by atoms with van der Waals surface area (Å²) in [5.74, 6) is -1.07. The topological polar surface area (TPSA) is 74.7 Å². The molecule has 6 heteroatoms. The molecule has 5 nitrogen and oxygen atoms in total. The van der Waals surface area contributed by atoms with E-state index in [0.29, 0.717) is 0 Å². The lowest BCUT2D eigenvalue weighted by molar-refractivity contribution is -0.141. The lowest BCUT2D eigenvalue weighted by atomic mass is 10.2. The number of hydrogen-bond acceptors (Lipinski definition) is 4. The zero-order chi connectivity index (χ0) is 14.0. The second-order valence-electron chi connectivity index (χ2n) is 5.28. The van der Waals surface area contributed by atoms with Gasteiger partial charge >= 0.3 is 5.97 Å². The molecule has 19 heavy (non-hydrogen) atoms. The first-order valence-corrected chi connectivity index (χ1v) is 7.66. The number of rotatable bonds is 5. The first-order chi connectivity index (χ1) is 8.99. The largest absolute Gasteiger partial charge is 0.481 e. The third-order valence-electron chi connectivity index (χ3n) is 3.69. The van der Waals surface area contributed by atoms with Crippen molar-refractivity contribution in [3.8, 4) is 0 Å². The molecule has 1 aliphatic carbocycles. The molecule has 2 amide bonds. The van der Waals surface area contributed by atoms with E-state index in [2.05, 4.69) is 0 Å². The number of likely N-dealkylation sites (tertiary alicyclic amines) is 1. The van der Waals surface area contributed by atoms with Crippen LogP contribution in [0.25, 0.3) is 0 Å². The van der Waals surface area contributed by atoms with Gasteiger partial charge in [0.15, 0.2) is 0 Å². The second-order valence-corrected chi connectivity index (χ2v) is 6.92. The van der Waals surface area contributed by atoms with Crippen molar-refractivity contribution < 1.29 is 19.5 Å². The van der Waals surface area contributed by atoms with Crippen LogP contribution in [0.4, 0.5) is 0 Å². The Bertz CT molecular complexity index is 392. The van der Waals surface area contributed by atoms with Gasteiger partial charge in [0, 0.05) is 17.7 Å². The highest BCUT2D eigenvalue weighted by Gasteiger charge is 2.43. The van der Waals surface area contributed by atoms with Crippen LogP contribution >= 0.6 is 11.8 Å². The summed E-state index contributed by atoms with van der Waals surface area (Å²) < 4.78 is 0. The molecule has 2 fully saturated rings. The van der Waals surface area contributed by atoms with Gasteiger partial charge in [-0.15, -0.1) is 11.8 Å². The minimum absolute atomic E-state index is 0.0199. The number of imide groups is 1. The van der Waals surface area contributed by atoms with Crippen molar-refractivity contribution in [2.45, 2.75) is 62.0 Å². The van der Waals surface area contributed by atoms with E-state index in [1.165, 1.54) is 16.7 Å². The standard InChI is InChI=1S/C13H19NO4S/c1-8(6-12(16)17)19-10-7-11(15)14(13(10)18)9-4-2-3-5-9/h8-10H,2-7H2,1H3,(H,16,17). The highest BCUT2D eigenvalue weighted by atomic mass is 32.2. The Kier molecular flexibility index (Phi) is 4.50. The Hall–Kier alpha value is -1.04. The van der Waals surface area contributed by atoms with E-state index < -0.39 is 5.97 Å². The Morgan fingerprint density at radius 3 is 2.63 bits per heavy atom. The Morgan fingerprint density at radius 1 is 1.42 bits per heavy atom. The van der Waals surface area contributed by atoms with E-state index >= 15 is 0 Å². The number of carbonyl (C=O) groups excluding carboxylic acids is 2. The fraction of sp³-hybridized carbons (Fsp3) is 0.769. The molecule has 1 aliphatic heterocycles. The Balaban J connectivity index is 1.95. The summed E-state index contributed by atoms with van der Waals surface area (Å²) in [5.41, 5.74) is 0. The van der Waals surface area contributed by atoms with Crippen molar-refractivity contribution in [3.05, 3.63) is 0 Å². The van der Waals surface area contributed by atoms with Crippen LogP contribution in [-0.2, 0) is 14.4 Å². The third-order valence-corrected chi connectivity index (χ3v) is 5.02. The predicted molar refractivity (Wildman–Crippen MR) is 71.8 cm³/mol. The molecule has 0 spiro atoms. The maximum Gasteiger partial charge on any atom is 0.304 e. The molecular formula is C13H19NO4S.